The molecule has 1 fully saturated rings. The minimum atomic E-state index is -0.0230. The Hall–Kier alpha value is -2.95. The van der Waals surface area contributed by atoms with E-state index in [4.69, 9.17) is 4.74 Å². The third kappa shape index (κ3) is 2.69. The molecule has 1 amide bonds. The Kier molecular flexibility index (Phi) is 3.61. The molecule has 2 heterocycles. The summed E-state index contributed by atoms with van der Waals surface area (Å²) in [6.45, 7) is 3.21. The number of fused-ring (bicyclic) bond motifs is 1. The number of rotatable bonds is 3. The molecule has 1 saturated heterocycles. The molecule has 1 aliphatic heterocycles. The molecule has 1 aliphatic rings. The quantitative estimate of drug-likeness (QED) is 0.745. The van der Waals surface area contributed by atoms with Crippen LogP contribution in [0.1, 0.15) is 15.9 Å². The maximum Gasteiger partial charge on any atom is 0.256 e. The Morgan fingerprint density at radius 2 is 1.92 bits per heavy atom. The fraction of sp³-hybridized carbons (Fsp3) is 0.211. The highest BCUT2D eigenvalue weighted by Crippen LogP contribution is 2.22. The molecule has 3 aromatic rings. The Balaban J connectivity index is 1.45. The average molecular weight is 319 g/mol. The molecule has 2 aromatic carbocycles. The van der Waals surface area contributed by atoms with Gasteiger partial charge in [-0.2, -0.15) is 0 Å². The maximum atomic E-state index is 12.7. The predicted molar refractivity (Wildman–Crippen MR) is 91.0 cm³/mol. The molecule has 0 N–H and O–H groups in total. The van der Waals surface area contributed by atoms with Crippen molar-refractivity contribution in [1.82, 2.24) is 14.9 Å². The lowest BCUT2D eigenvalue weighted by molar-refractivity contribution is 0.0179. The fourth-order valence-electron chi connectivity index (χ4n) is 2.90. The molecule has 24 heavy (non-hydrogen) atoms. The second-order valence-corrected chi connectivity index (χ2v) is 6.00. The van der Waals surface area contributed by atoms with Crippen molar-refractivity contribution < 1.29 is 9.53 Å². The van der Waals surface area contributed by atoms with Crippen LogP contribution in [0.25, 0.3) is 11.0 Å². The van der Waals surface area contributed by atoms with Gasteiger partial charge in [-0.15, -0.1) is 0 Å². The topological polar surface area (TPSA) is 55.3 Å². The summed E-state index contributed by atoms with van der Waals surface area (Å²) in [4.78, 5) is 23.0. The van der Waals surface area contributed by atoms with Gasteiger partial charge in [0.25, 0.3) is 5.91 Å². The van der Waals surface area contributed by atoms with Gasteiger partial charge in [0.2, 0.25) is 0 Å². The van der Waals surface area contributed by atoms with E-state index in [-0.39, 0.29) is 12.0 Å². The Bertz CT molecular complexity index is 899. The standard InChI is InChI=1S/C19H17N3O2/c1-13-4-2-5-14(10-13)24-15-11-22(12-15)19(23)16-6-3-7-17-18(16)21-9-8-20-17/h2-10,15H,11-12H2,1H3. The van der Waals surface area contributed by atoms with Gasteiger partial charge in [0.1, 0.15) is 17.4 Å². The Morgan fingerprint density at radius 1 is 1.12 bits per heavy atom. The molecule has 0 bridgehead atoms. The van der Waals surface area contributed by atoms with Crippen LogP contribution in [0.4, 0.5) is 0 Å². The first-order chi connectivity index (χ1) is 11.7. The number of likely N-dealkylation sites (tertiary alicyclic amines) is 1. The third-order valence-corrected chi connectivity index (χ3v) is 4.16. The maximum absolute atomic E-state index is 12.7. The monoisotopic (exact) mass is 319 g/mol. The molecule has 0 radical (unpaired) electrons. The summed E-state index contributed by atoms with van der Waals surface area (Å²) >= 11 is 0. The van der Waals surface area contributed by atoms with Gasteiger partial charge in [-0.3, -0.25) is 14.8 Å². The zero-order valence-electron chi connectivity index (χ0n) is 13.3. The van der Waals surface area contributed by atoms with Crippen molar-refractivity contribution in [2.75, 3.05) is 13.1 Å². The third-order valence-electron chi connectivity index (χ3n) is 4.16. The fourth-order valence-corrected chi connectivity index (χ4v) is 2.90. The van der Waals surface area contributed by atoms with Crippen molar-refractivity contribution in [2.24, 2.45) is 0 Å². The molecule has 0 atom stereocenters. The van der Waals surface area contributed by atoms with E-state index in [0.29, 0.717) is 24.2 Å². The number of ether oxygens (including phenoxy) is 1. The number of amides is 1. The van der Waals surface area contributed by atoms with Crippen molar-refractivity contribution in [3.05, 3.63) is 66.0 Å². The van der Waals surface area contributed by atoms with Crippen LogP contribution in [0.15, 0.2) is 54.9 Å². The lowest BCUT2D eigenvalue weighted by Gasteiger charge is -2.39. The summed E-state index contributed by atoms with van der Waals surface area (Å²) in [5.74, 6) is 0.827. The van der Waals surface area contributed by atoms with E-state index in [9.17, 15) is 4.79 Å². The zero-order chi connectivity index (χ0) is 16.5. The average Bonchev–Trinajstić information content (AvgIpc) is 2.57. The van der Waals surface area contributed by atoms with Crippen LogP contribution in [0, 0.1) is 6.92 Å². The van der Waals surface area contributed by atoms with Crippen LogP contribution in [0.5, 0.6) is 5.75 Å². The largest absolute Gasteiger partial charge is 0.487 e. The highest BCUT2D eigenvalue weighted by molar-refractivity contribution is 6.04. The minimum Gasteiger partial charge on any atom is -0.487 e. The summed E-state index contributed by atoms with van der Waals surface area (Å²) in [5.41, 5.74) is 3.13. The summed E-state index contributed by atoms with van der Waals surface area (Å²) in [6, 6.07) is 13.5. The van der Waals surface area contributed by atoms with Crippen LogP contribution in [0.3, 0.4) is 0 Å². The van der Waals surface area contributed by atoms with Gasteiger partial charge in [0.15, 0.2) is 0 Å². The van der Waals surface area contributed by atoms with Gasteiger partial charge in [0.05, 0.1) is 24.2 Å². The molecule has 0 spiro atoms. The van der Waals surface area contributed by atoms with Crippen LogP contribution >= 0.6 is 0 Å². The number of carbonyl (C=O) groups excluding carboxylic acids is 1. The van der Waals surface area contributed by atoms with E-state index in [1.807, 2.05) is 43.3 Å². The number of aromatic nitrogens is 2. The van der Waals surface area contributed by atoms with Crippen molar-refractivity contribution in [3.8, 4) is 5.75 Å². The smallest absolute Gasteiger partial charge is 0.256 e. The van der Waals surface area contributed by atoms with E-state index < -0.39 is 0 Å². The predicted octanol–water partition coefficient (Wildman–Crippen LogP) is 2.84. The minimum absolute atomic E-state index is 0.0230. The summed E-state index contributed by atoms with van der Waals surface area (Å²) in [7, 11) is 0. The number of hydrogen-bond acceptors (Lipinski definition) is 4. The SMILES string of the molecule is Cc1cccc(OC2CN(C(=O)c3cccc4nccnc34)C2)c1. The van der Waals surface area contributed by atoms with Gasteiger partial charge in [0, 0.05) is 12.4 Å². The second kappa shape index (κ2) is 5.92. The lowest BCUT2D eigenvalue weighted by atomic mass is 10.1. The molecule has 1 aromatic heterocycles. The number of nitrogens with zero attached hydrogens (tertiary/aromatic N) is 3. The van der Waals surface area contributed by atoms with E-state index in [0.717, 1.165) is 16.8 Å². The number of carbonyl (C=O) groups is 1. The molecule has 0 saturated carbocycles. The first-order valence-corrected chi connectivity index (χ1v) is 7.93. The van der Waals surface area contributed by atoms with Gasteiger partial charge in [-0.05, 0) is 36.8 Å². The van der Waals surface area contributed by atoms with Gasteiger partial charge in [-0.1, -0.05) is 18.2 Å². The Morgan fingerprint density at radius 3 is 2.75 bits per heavy atom. The van der Waals surface area contributed by atoms with Gasteiger partial charge >= 0.3 is 0 Å². The Labute approximate surface area is 139 Å². The van der Waals surface area contributed by atoms with Crippen molar-refractivity contribution in [3.63, 3.8) is 0 Å². The van der Waals surface area contributed by atoms with E-state index in [1.54, 1.807) is 23.4 Å². The highest BCUT2D eigenvalue weighted by Gasteiger charge is 2.33. The molecular formula is C19H17N3O2. The molecular weight excluding hydrogens is 302 g/mol. The first-order valence-electron chi connectivity index (χ1n) is 7.93. The summed E-state index contributed by atoms with van der Waals surface area (Å²) in [5, 5.41) is 0. The molecule has 5 heteroatoms. The van der Waals surface area contributed by atoms with Crippen LogP contribution in [-0.4, -0.2) is 40.0 Å². The van der Waals surface area contributed by atoms with E-state index >= 15 is 0 Å². The van der Waals surface area contributed by atoms with Crippen molar-refractivity contribution in [2.45, 2.75) is 13.0 Å². The van der Waals surface area contributed by atoms with Crippen LogP contribution < -0.4 is 4.74 Å². The van der Waals surface area contributed by atoms with Gasteiger partial charge in [-0.25, -0.2) is 0 Å². The second-order valence-electron chi connectivity index (χ2n) is 6.00. The van der Waals surface area contributed by atoms with Gasteiger partial charge < -0.3 is 9.64 Å². The molecule has 0 unspecified atom stereocenters. The molecule has 4 rings (SSSR count). The molecule has 5 nitrogen and oxygen atoms in total. The lowest BCUT2D eigenvalue weighted by Crippen LogP contribution is -2.56. The zero-order valence-corrected chi connectivity index (χ0v) is 13.3. The van der Waals surface area contributed by atoms with Crippen molar-refractivity contribution in [1.29, 1.82) is 0 Å². The number of aryl methyl sites for hydroxylation is 1. The number of benzene rings is 2. The van der Waals surface area contributed by atoms with E-state index in [1.165, 1.54) is 0 Å². The molecule has 120 valence electrons. The molecule has 0 aliphatic carbocycles. The van der Waals surface area contributed by atoms with Crippen LogP contribution in [0.2, 0.25) is 0 Å². The first kappa shape index (κ1) is 14.6. The summed E-state index contributed by atoms with van der Waals surface area (Å²) < 4.78 is 5.91. The highest BCUT2D eigenvalue weighted by atomic mass is 16.5. The summed E-state index contributed by atoms with van der Waals surface area (Å²) in [6.07, 6.45) is 3.28. The number of hydrogen-bond donors (Lipinski definition) is 0. The van der Waals surface area contributed by atoms with Crippen LogP contribution in [-0.2, 0) is 0 Å². The number of para-hydroxylation sites is 1. The van der Waals surface area contributed by atoms with E-state index in [2.05, 4.69) is 9.97 Å². The normalized spacial score (nSPS) is 14.5. The van der Waals surface area contributed by atoms with Crippen molar-refractivity contribution >= 4 is 16.9 Å².